The van der Waals surface area contributed by atoms with Crippen LogP contribution >= 0.6 is 30.1 Å². The van der Waals surface area contributed by atoms with Gasteiger partial charge in [-0.15, -0.1) is 0 Å². The third kappa shape index (κ3) is 6.45. The Labute approximate surface area is 136 Å². The van der Waals surface area contributed by atoms with E-state index in [2.05, 4.69) is 26.5 Å². The number of rotatable bonds is 8. The third-order valence-corrected chi connectivity index (χ3v) is 4.46. The summed E-state index contributed by atoms with van der Waals surface area (Å²) in [5.41, 5.74) is 0. The molecule has 1 aliphatic rings. The summed E-state index contributed by atoms with van der Waals surface area (Å²) in [5, 5.41) is 2.77. The lowest BCUT2D eigenvalue weighted by Crippen LogP contribution is -2.51. The molecule has 0 aromatic rings. The third-order valence-electron chi connectivity index (χ3n) is 3.06. The lowest BCUT2D eigenvalue weighted by atomic mass is 10.0. The second-order valence-corrected chi connectivity index (χ2v) is 6.96. The maximum Gasteiger partial charge on any atom is 0.245 e. The van der Waals surface area contributed by atoms with E-state index in [4.69, 9.17) is 4.74 Å². The minimum absolute atomic E-state index is 0.0122. The van der Waals surface area contributed by atoms with Crippen molar-refractivity contribution in [1.29, 1.82) is 0 Å². The Bertz CT molecular complexity index is 353. The molecule has 1 atom stereocenters. The van der Waals surface area contributed by atoms with Gasteiger partial charge in [0, 0.05) is 32.4 Å². The Kier molecular flexibility index (Phi) is 9.28. The van der Waals surface area contributed by atoms with Crippen LogP contribution in [0.4, 0.5) is 0 Å². The van der Waals surface area contributed by atoms with Crippen molar-refractivity contribution in [3.63, 3.8) is 0 Å². The van der Waals surface area contributed by atoms with Crippen LogP contribution in [0, 0.1) is 0 Å². The Morgan fingerprint density at radius 2 is 2.40 bits per heavy atom. The number of nitrogens with one attached hydrogen (secondary N) is 1. The van der Waals surface area contributed by atoms with E-state index in [0.29, 0.717) is 26.1 Å². The van der Waals surface area contributed by atoms with Gasteiger partial charge in [0.2, 0.25) is 11.8 Å². The fourth-order valence-electron chi connectivity index (χ4n) is 2.01. The first-order chi connectivity index (χ1) is 9.69. The van der Waals surface area contributed by atoms with Gasteiger partial charge in [0.05, 0.1) is 6.61 Å². The first kappa shape index (κ1) is 17.8. The first-order valence-electron chi connectivity index (χ1n) is 6.64. The molecular weight excluding hydrogens is 391 g/mol. The van der Waals surface area contributed by atoms with Crippen molar-refractivity contribution >= 4 is 42.0 Å². The molecule has 0 aromatic heterocycles. The molecule has 0 saturated carbocycles. The zero-order valence-corrected chi connectivity index (χ0v) is 14.6. The molecule has 0 bridgehead atoms. The highest BCUT2D eigenvalue weighted by atomic mass is 127. The van der Waals surface area contributed by atoms with Crippen molar-refractivity contribution in [2.75, 3.05) is 32.6 Å². The molecule has 1 aliphatic heterocycles. The summed E-state index contributed by atoms with van der Waals surface area (Å²) in [6.45, 7) is 1.61. The molecule has 0 aliphatic carbocycles. The summed E-state index contributed by atoms with van der Waals surface area (Å²) in [5.74, 6) is 0.882. The number of hydrogen-bond donors (Lipinski definition) is 1. The highest BCUT2D eigenvalue weighted by molar-refractivity contribution is 14.2. The molecular formula is C13H21IN2O3S. The maximum absolute atomic E-state index is 12.4. The number of piperidine rings is 1. The smallest absolute Gasteiger partial charge is 0.245 e. The van der Waals surface area contributed by atoms with E-state index < -0.39 is 0 Å². The van der Waals surface area contributed by atoms with Crippen LogP contribution in [0.25, 0.3) is 0 Å². The van der Waals surface area contributed by atoms with Gasteiger partial charge in [-0.25, -0.2) is 0 Å². The molecule has 20 heavy (non-hydrogen) atoms. The molecule has 1 unspecified atom stereocenters. The molecule has 1 fully saturated rings. The number of carbonyl (C=O) groups is 2. The predicted molar refractivity (Wildman–Crippen MR) is 89.9 cm³/mol. The summed E-state index contributed by atoms with van der Waals surface area (Å²) in [6, 6.07) is -0.375. The van der Waals surface area contributed by atoms with Crippen molar-refractivity contribution < 1.29 is 14.3 Å². The SMILES string of the molecule is COCCN(C/C=C/CSI)C(=O)C1CCCC(=O)N1. The standard InChI is InChI=1S/C13H21IN2O3S/c1-19-9-8-16(7-2-3-10-20-14)13(18)11-5-4-6-12(17)15-11/h2-3,11H,4-10H2,1H3,(H,15,17)/b3-2+. The molecule has 1 saturated heterocycles. The van der Waals surface area contributed by atoms with Gasteiger partial charge in [0.25, 0.3) is 0 Å². The Morgan fingerprint density at radius 3 is 3.05 bits per heavy atom. The van der Waals surface area contributed by atoms with E-state index in [9.17, 15) is 9.59 Å². The van der Waals surface area contributed by atoms with Gasteiger partial charge in [0.1, 0.15) is 6.04 Å². The number of halogens is 1. The number of methoxy groups -OCH3 is 1. The van der Waals surface area contributed by atoms with Crippen LogP contribution in [0.2, 0.25) is 0 Å². The van der Waals surface area contributed by atoms with Crippen molar-refractivity contribution in [1.82, 2.24) is 10.2 Å². The molecule has 1 N–H and O–H groups in total. The van der Waals surface area contributed by atoms with Crippen LogP contribution < -0.4 is 5.32 Å². The summed E-state index contributed by atoms with van der Waals surface area (Å²) in [7, 11) is 3.32. The average molecular weight is 412 g/mol. The fourth-order valence-corrected chi connectivity index (χ4v) is 2.84. The van der Waals surface area contributed by atoms with Crippen LogP contribution in [-0.2, 0) is 14.3 Å². The van der Waals surface area contributed by atoms with Crippen molar-refractivity contribution in [2.24, 2.45) is 0 Å². The minimum atomic E-state index is -0.375. The topological polar surface area (TPSA) is 58.6 Å². The molecule has 0 radical (unpaired) electrons. The monoisotopic (exact) mass is 412 g/mol. The number of amides is 2. The zero-order valence-electron chi connectivity index (χ0n) is 11.6. The zero-order chi connectivity index (χ0) is 14.8. The lowest BCUT2D eigenvalue weighted by molar-refractivity contribution is -0.138. The van der Waals surface area contributed by atoms with Crippen LogP contribution in [0.3, 0.4) is 0 Å². The van der Waals surface area contributed by atoms with Crippen LogP contribution in [0.1, 0.15) is 19.3 Å². The predicted octanol–water partition coefficient (Wildman–Crippen LogP) is 1.77. The first-order valence-corrected chi connectivity index (χ1v) is 10.2. The van der Waals surface area contributed by atoms with E-state index in [1.165, 1.54) is 0 Å². The Balaban J connectivity index is 2.55. The van der Waals surface area contributed by atoms with E-state index in [1.54, 1.807) is 20.9 Å². The Hall–Kier alpha value is -0.280. The van der Waals surface area contributed by atoms with Crippen LogP contribution in [0.15, 0.2) is 12.2 Å². The molecule has 0 spiro atoms. The largest absolute Gasteiger partial charge is 0.383 e. The van der Waals surface area contributed by atoms with E-state index in [-0.39, 0.29) is 17.9 Å². The summed E-state index contributed by atoms with van der Waals surface area (Å²) < 4.78 is 5.05. The molecule has 1 heterocycles. The van der Waals surface area contributed by atoms with E-state index in [1.807, 2.05) is 12.2 Å². The summed E-state index contributed by atoms with van der Waals surface area (Å²) in [4.78, 5) is 25.6. The maximum atomic E-state index is 12.4. The average Bonchev–Trinajstić information content (AvgIpc) is 2.46. The second-order valence-electron chi connectivity index (χ2n) is 4.54. The number of ether oxygens (including phenoxy) is 1. The van der Waals surface area contributed by atoms with Gasteiger partial charge in [-0.2, -0.15) is 0 Å². The van der Waals surface area contributed by atoms with Gasteiger partial charge in [-0.05, 0) is 34.0 Å². The molecule has 2 amide bonds. The van der Waals surface area contributed by atoms with Crippen LogP contribution in [0.5, 0.6) is 0 Å². The quantitative estimate of drug-likeness (QED) is 0.488. The lowest BCUT2D eigenvalue weighted by Gasteiger charge is -2.29. The summed E-state index contributed by atoms with van der Waals surface area (Å²) in [6.07, 6.45) is 6.06. The molecule has 0 aromatic carbocycles. The van der Waals surface area contributed by atoms with Crippen LogP contribution in [-0.4, -0.2) is 55.3 Å². The molecule has 1 rings (SSSR count). The number of nitrogens with zero attached hydrogens (tertiary/aromatic N) is 1. The van der Waals surface area contributed by atoms with Gasteiger partial charge >= 0.3 is 0 Å². The number of hydrogen-bond acceptors (Lipinski definition) is 4. The minimum Gasteiger partial charge on any atom is -0.383 e. The fraction of sp³-hybridized carbons (Fsp3) is 0.692. The van der Waals surface area contributed by atoms with Crippen molar-refractivity contribution in [3.05, 3.63) is 12.2 Å². The highest BCUT2D eigenvalue weighted by Gasteiger charge is 2.27. The number of carbonyl (C=O) groups excluding carboxylic acids is 2. The van der Waals surface area contributed by atoms with Crippen molar-refractivity contribution in [2.45, 2.75) is 25.3 Å². The molecule has 114 valence electrons. The van der Waals surface area contributed by atoms with Crippen molar-refractivity contribution in [3.8, 4) is 0 Å². The Morgan fingerprint density at radius 1 is 1.60 bits per heavy atom. The van der Waals surface area contributed by atoms with Gasteiger partial charge < -0.3 is 15.0 Å². The molecule has 5 nitrogen and oxygen atoms in total. The normalized spacial score (nSPS) is 19.1. The van der Waals surface area contributed by atoms with Gasteiger partial charge in [-0.3, -0.25) is 9.59 Å². The highest BCUT2D eigenvalue weighted by Crippen LogP contribution is 2.12. The van der Waals surface area contributed by atoms with Gasteiger partial charge in [-0.1, -0.05) is 21.1 Å². The molecule has 7 heteroatoms. The van der Waals surface area contributed by atoms with Gasteiger partial charge in [0.15, 0.2) is 0 Å². The van der Waals surface area contributed by atoms with E-state index in [0.717, 1.165) is 18.6 Å². The second kappa shape index (κ2) is 10.4. The van der Waals surface area contributed by atoms with E-state index >= 15 is 0 Å². The summed E-state index contributed by atoms with van der Waals surface area (Å²) >= 11 is 2.24.